The third-order valence-corrected chi connectivity index (χ3v) is 4.60. The average Bonchev–Trinajstić information content (AvgIpc) is 2.40. The molecule has 1 aliphatic heterocycles. The Balaban J connectivity index is 2.52. The van der Waals surface area contributed by atoms with Gasteiger partial charge in [0.05, 0.1) is 5.92 Å². The van der Waals surface area contributed by atoms with Crippen LogP contribution in [0.3, 0.4) is 0 Å². The van der Waals surface area contributed by atoms with Gasteiger partial charge in [0.15, 0.2) is 0 Å². The predicted octanol–water partition coefficient (Wildman–Crippen LogP) is 3.32. The van der Waals surface area contributed by atoms with Gasteiger partial charge in [0.1, 0.15) is 0 Å². The average molecular weight is 273 g/mol. The molecule has 3 heteroatoms. The SMILES string of the molecule is CCCC1(CC)CC(=O)NC(=O)C1c1ccccc1C. The Kier molecular flexibility index (Phi) is 4.26. The highest BCUT2D eigenvalue weighted by Crippen LogP contribution is 2.48. The Morgan fingerprint density at radius 2 is 1.95 bits per heavy atom. The van der Waals surface area contributed by atoms with Crippen LogP contribution in [0.2, 0.25) is 0 Å². The predicted molar refractivity (Wildman–Crippen MR) is 79.3 cm³/mol. The molecule has 1 aliphatic rings. The quantitative estimate of drug-likeness (QED) is 0.855. The monoisotopic (exact) mass is 273 g/mol. The molecule has 2 amide bonds. The van der Waals surface area contributed by atoms with Gasteiger partial charge in [0.2, 0.25) is 11.8 Å². The fraction of sp³-hybridized carbons (Fsp3) is 0.529. The lowest BCUT2D eigenvalue weighted by molar-refractivity contribution is -0.140. The Morgan fingerprint density at radius 3 is 2.55 bits per heavy atom. The summed E-state index contributed by atoms with van der Waals surface area (Å²) >= 11 is 0. The fourth-order valence-corrected chi connectivity index (χ4v) is 3.57. The van der Waals surface area contributed by atoms with E-state index in [9.17, 15) is 9.59 Å². The standard InChI is InChI=1S/C17H23NO2/c1-4-10-17(5-2)11-14(19)18-16(20)15(17)13-9-7-6-8-12(13)3/h6-9,15H,4-5,10-11H2,1-3H3,(H,18,19,20). The molecule has 0 saturated carbocycles. The Labute approximate surface area is 120 Å². The van der Waals surface area contributed by atoms with Gasteiger partial charge in [-0.25, -0.2) is 0 Å². The summed E-state index contributed by atoms with van der Waals surface area (Å²) in [4.78, 5) is 24.3. The van der Waals surface area contributed by atoms with Gasteiger partial charge in [0.25, 0.3) is 0 Å². The van der Waals surface area contributed by atoms with Crippen LogP contribution >= 0.6 is 0 Å². The van der Waals surface area contributed by atoms with Crippen LogP contribution in [-0.2, 0) is 9.59 Å². The second-order valence-electron chi connectivity index (χ2n) is 5.84. The maximum absolute atomic E-state index is 12.5. The topological polar surface area (TPSA) is 46.2 Å². The van der Waals surface area contributed by atoms with Crippen molar-refractivity contribution in [1.29, 1.82) is 0 Å². The number of amides is 2. The zero-order chi connectivity index (χ0) is 14.8. The third-order valence-electron chi connectivity index (χ3n) is 4.60. The van der Waals surface area contributed by atoms with E-state index < -0.39 is 0 Å². The van der Waals surface area contributed by atoms with Crippen molar-refractivity contribution in [2.75, 3.05) is 0 Å². The van der Waals surface area contributed by atoms with Crippen molar-refractivity contribution in [1.82, 2.24) is 5.32 Å². The van der Waals surface area contributed by atoms with Crippen LogP contribution < -0.4 is 5.32 Å². The molecule has 1 N–H and O–H groups in total. The molecule has 2 rings (SSSR count). The highest BCUT2D eigenvalue weighted by atomic mass is 16.2. The normalized spacial score (nSPS) is 26.4. The van der Waals surface area contributed by atoms with Crippen molar-refractivity contribution in [2.45, 2.75) is 52.4 Å². The molecule has 0 radical (unpaired) electrons. The van der Waals surface area contributed by atoms with Crippen LogP contribution in [0.1, 0.15) is 56.6 Å². The molecule has 108 valence electrons. The minimum Gasteiger partial charge on any atom is -0.296 e. The molecule has 1 saturated heterocycles. The summed E-state index contributed by atoms with van der Waals surface area (Å²) in [5.74, 6) is -0.479. The van der Waals surface area contributed by atoms with Crippen molar-refractivity contribution in [3.63, 3.8) is 0 Å². The van der Waals surface area contributed by atoms with Crippen LogP contribution in [0.15, 0.2) is 24.3 Å². The number of piperidine rings is 1. The highest BCUT2D eigenvalue weighted by molar-refractivity contribution is 6.02. The summed E-state index contributed by atoms with van der Waals surface area (Å²) < 4.78 is 0. The van der Waals surface area contributed by atoms with Crippen LogP contribution in [-0.4, -0.2) is 11.8 Å². The van der Waals surface area contributed by atoms with E-state index >= 15 is 0 Å². The van der Waals surface area contributed by atoms with E-state index in [4.69, 9.17) is 0 Å². The summed E-state index contributed by atoms with van der Waals surface area (Å²) in [7, 11) is 0. The van der Waals surface area contributed by atoms with E-state index in [0.717, 1.165) is 30.4 Å². The first-order valence-corrected chi connectivity index (χ1v) is 7.43. The van der Waals surface area contributed by atoms with E-state index in [2.05, 4.69) is 19.2 Å². The zero-order valence-electron chi connectivity index (χ0n) is 12.5. The summed E-state index contributed by atoms with van der Waals surface area (Å²) in [5, 5.41) is 2.52. The van der Waals surface area contributed by atoms with Gasteiger partial charge in [0, 0.05) is 6.42 Å². The van der Waals surface area contributed by atoms with Crippen molar-refractivity contribution in [3.8, 4) is 0 Å². The molecular formula is C17H23NO2. The molecule has 0 bridgehead atoms. The van der Waals surface area contributed by atoms with Gasteiger partial charge in [-0.3, -0.25) is 14.9 Å². The second kappa shape index (κ2) is 5.78. The largest absolute Gasteiger partial charge is 0.296 e. The van der Waals surface area contributed by atoms with E-state index in [1.165, 1.54) is 0 Å². The molecule has 0 aliphatic carbocycles. The Morgan fingerprint density at radius 1 is 1.25 bits per heavy atom. The van der Waals surface area contributed by atoms with Crippen molar-refractivity contribution in [2.24, 2.45) is 5.41 Å². The number of hydrogen-bond acceptors (Lipinski definition) is 2. The van der Waals surface area contributed by atoms with Gasteiger partial charge in [-0.05, 0) is 36.3 Å². The van der Waals surface area contributed by atoms with Crippen LogP contribution in [0.25, 0.3) is 0 Å². The molecule has 2 unspecified atom stereocenters. The molecule has 1 aromatic carbocycles. The smallest absolute Gasteiger partial charge is 0.234 e. The summed E-state index contributed by atoms with van der Waals surface area (Å²) in [6.45, 7) is 6.24. The first-order valence-electron chi connectivity index (χ1n) is 7.43. The third kappa shape index (κ3) is 2.49. The second-order valence-corrected chi connectivity index (χ2v) is 5.84. The lowest BCUT2D eigenvalue weighted by atomic mass is 9.63. The first-order chi connectivity index (χ1) is 9.54. The number of imide groups is 1. The lowest BCUT2D eigenvalue weighted by Gasteiger charge is -2.43. The van der Waals surface area contributed by atoms with Gasteiger partial charge in [-0.2, -0.15) is 0 Å². The first kappa shape index (κ1) is 14.8. The van der Waals surface area contributed by atoms with Crippen molar-refractivity contribution < 1.29 is 9.59 Å². The van der Waals surface area contributed by atoms with Crippen LogP contribution in [0.4, 0.5) is 0 Å². The highest BCUT2D eigenvalue weighted by Gasteiger charge is 2.47. The maximum Gasteiger partial charge on any atom is 0.234 e. The molecule has 3 nitrogen and oxygen atoms in total. The number of hydrogen-bond donors (Lipinski definition) is 1. The van der Waals surface area contributed by atoms with Gasteiger partial charge < -0.3 is 0 Å². The number of carbonyl (C=O) groups excluding carboxylic acids is 2. The number of carbonyl (C=O) groups is 2. The van der Waals surface area contributed by atoms with Crippen LogP contribution in [0, 0.1) is 12.3 Å². The zero-order valence-corrected chi connectivity index (χ0v) is 12.5. The van der Waals surface area contributed by atoms with Crippen molar-refractivity contribution >= 4 is 11.8 Å². The molecule has 2 atom stereocenters. The van der Waals surface area contributed by atoms with Gasteiger partial charge >= 0.3 is 0 Å². The lowest BCUT2D eigenvalue weighted by Crippen LogP contribution is -2.50. The van der Waals surface area contributed by atoms with E-state index in [1.54, 1.807) is 0 Å². The number of aryl methyl sites for hydroxylation is 1. The molecule has 1 fully saturated rings. The number of benzene rings is 1. The summed E-state index contributed by atoms with van der Waals surface area (Å²) in [6.07, 6.45) is 3.18. The molecular weight excluding hydrogens is 250 g/mol. The summed E-state index contributed by atoms with van der Waals surface area (Å²) in [5.41, 5.74) is 1.95. The molecule has 1 aromatic rings. The van der Waals surface area contributed by atoms with E-state index in [0.29, 0.717) is 6.42 Å². The van der Waals surface area contributed by atoms with Gasteiger partial charge in [-0.1, -0.05) is 44.5 Å². The molecule has 0 aromatic heterocycles. The maximum atomic E-state index is 12.5. The summed E-state index contributed by atoms with van der Waals surface area (Å²) in [6, 6.07) is 8.01. The van der Waals surface area contributed by atoms with Gasteiger partial charge in [-0.15, -0.1) is 0 Å². The number of nitrogens with one attached hydrogen (secondary N) is 1. The number of rotatable bonds is 4. The Hall–Kier alpha value is -1.64. The molecule has 0 spiro atoms. The molecule has 20 heavy (non-hydrogen) atoms. The van der Waals surface area contributed by atoms with E-state index in [-0.39, 0.29) is 23.1 Å². The molecule has 1 heterocycles. The Bertz CT molecular complexity index is 523. The minimum atomic E-state index is -0.236. The minimum absolute atomic E-state index is 0.130. The van der Waals surface area contributed by atoms with Crippen LogP contribution in [0.5, 0.6) is 0 Å². The fourth-order valence-electron chi connectivity index (χ4n) is 3.57. The van der Waals surface area contributed by atoms with E-state index in [1.807, 2.05) is 31.2 Å². The van der Waals surface area contributed by atoms with Crippen molar-refractivity contribution in [3.05, 3.63) is 35.4 Å².